The molecule has 0 bridgehead atoms. The third kappa shape index (κ3) is 2.69. The second-order valence-corrected chi connectivity index (χ2v) is 4.44. The van der Waals surface area contributed by atoms with E-state index in [0.29, 0.717) is 0 Å². The van der Waals surface area contributed by atoms with Crippen molar-refractivity contribution in [1.29, 1.82) is 0 Å². The molecule has 0 aromatic heterocycles. The Bertz CT molecular complexity index is 223. The molecule has 1 N–H and O–H groups in total. The summed E-state index contributed by atoms with van der Waals surface area (Å²) < 4.78 is 5.65. The van der Waals surface area contributed by atoms with Crippen molar-refractivity contribution in [3.8, 4) is 0 Å². The van der Waals surface area contributed by atoms with Gasteiger partial charge in [-0.2, -0.15) is 0 Å². The fourth-order valence-electron chi connectivity index (χ4n) is 2.08. The van der Waals surface area contributed by atoms with Crippen molar-refractivity contribution in [3.05, 3.63) is 0 Å². The van der Waals surface area contributed by atoms with E-state index >= 15 is 0 Å². The summed E-state index contributed by atoms with van der Waals surface area (Å²) in [6.07, 6.45) is 3.52. The number of rotatable bonds is 3. The average molecular weight is 212 g/mol. The standard InChI is InChI=1S/C11H20N2O2/c1-9(15-10-7-12-8-10)11(14)13-5-3-2-4-6-13/h9-10,12H,2-8H2,1H3. The van der Waals surface area contributed by atoms with Gasteiger partial charge < -0.3 is 15.0 Å². The van der Waals surface area contributed by atoms with Crippen LogP contribution < -0.4 is 5.32 Å². The SMILES string of the molecule is CC(OC1CNC1)C(=O)N1CCCCC1. The van der Waals surface area contributed by atoms with Crippen molar-refractivity contribution in [1.82, 2.24) is 10.2 Å². The van der Waals surface area contributed by atoms with Crippen molar-refractivity contribution < 1.29 is 9.53 Å². The highest BCUT2D eigenvalue weighted by atomic mass is 16.5. The molecule has 2 saturated heterocycles. The maximum atomic E-state index is 12.0. The Morgan fingerprint density at radius 1 is 1.33 bits per heavy atom. The van der Waals surface area contributed by atoms with E-state index in [9.17, 15) is 4.79 Å². The third-order valence-electron chi connectivity index (χ3n) is 3.16. The quantitative estimate of drug-likeness (QED) is 0.735. The molecule has 86 valence electrons. The summed E-state index contributed by atoms with van der Waals surface area (Å²) in [6, 6.07) is 0. The van der Waals surface area contributed by atoms with Crippen LogP contribution in [-0.4, -0.2) is 49.2 Å². The number of amides is 1. The molecule has 0 aromatic carbocycles. The second-order valence-electron chi connectivity index (χ2n) is 4.44. The topological polar surface area (TPSA) is 41.6 Å². The first-order valence-corrected chi connectivity index (χ1v) is 5.92. The van der Waals surface area contributed by atoms with Crippen LogP contribution in [0, 0.1) is 0 Å². The Labute approximate surface area is 91.0 Å². The van der Waals surface area contributed by atoms with E-state index in [1.54, 1.807) is 0 Å². The van der Waals surface area contributed by atoms with Gasteiger partial charge >= 0.3 is 0 Å². The lowest BCUT2D eigenvalue weighted by Crippen LogP contribution is -2.52. The highest BCUT2D eigenvalue weighted by molar-refractivity contribution is 5.80. The number of nitrogens with one attached hydrogen (secondary N) is 1. The maximum absolute atomic E-state index is 12.0. The van der Waals surface area contributed by atoms with Crippen molar-refractivity contribution in [2.45, 2.75) is 38.4 Å². The lowest BCUT2D eigenvalue weighted by atomic mass is 10.1. The van der Waals surface area contributed by atoms with Gasteiger partial charge in [-0.3, -0.25) is 4.79 Å². The summed E-state index contributed by atoms with van der Waals surface area (Å²) in [5.41, 5.74) is 0. The van der Waals surface area contributed by atoms with E-state index in [4.69, 9.17) is 4.74 Å². The molecule has 0 radical (unpaired) electrons. The second kappa shape index (κ2) is 4.94. The summed E-state index contributed by atoms with van der Waals surface area (Å²) in [5.74, 6) is 0.168. The molecule has 0 aromatic rings. The maximum Gasteiger partial charge on any atom is 0.251 e. The van der Waals surface area contributed by atoms with Gasteiger partial charge in [0.05, 0.1) is 6.10 Å². The minimum absolute atomic E-state index is 0.168. The monoisotopic (exact) mass is 212 g/mol. The summed E-state index contributed by atoms with van der Waals surface area (Å²) in [6.45, 7) is 5.47. The number of hydrogen-bond donors (Lipinski definition) is 1. The number of hydrogen-bond acceptors (Lipinski definition) is 3. The highest BCUT2D eigenvalue weighted by Crippen LogP contribution is 2.12. The normalized spacial score (nSPS) is 24.7. The van der Waals surface area contributed by atoms with E-state index in [-0.39, 0.29) is 18.1 Å². The first kappa shape index (κ1) is 10.9. The van der Waals surface area contributed by atoms with Crippen molar-refractivity contribution in [2.24, 2.45) is 0 Å². The zero-order chi connectivity index (χ0) is 10.7. The molecular weight excluding hydrogens is 192 g/mol. The number of nitrogens with zero attached hydrogens (tertiary/aromatic N) is 1. The van der Waals surface area contributed by atoms with Crippen molar-refractivity contribution >= 4 is 5.91 Å². The smallest absolute Gasteiger partial charge is 0.251 e. The number of ether oxygens (including phenoxy) is 1. The molecule has 1 amide bonds. The van der Waals surface area contributed by atoms with Gasteiger partial charge in [-0.05, 0) is 26.2 Å². The van der Waals surface area contributed by atoms with Gasteiger partial charge in [0.25, 0.3) is 5.91 Å². The van der Waals surface area contributed by atoms with Crippen LogP contribution in [0.1, 0.15) is 26.2 Å². The van der Waals surface area contributed by atoms with Gasteiger partial charge in [0.2, 0.25) is 0 Å². The minimum Gasteiger partial charge on any atom is -0.363 e. The number of carbonyl (C=O) groups is 1. The summed E-state index contributed by atoms with van der Waals surface area (Å²) >= 11 is 0. The lowest BCUT2D eigenvalue weighted by Gasteiger charge is -2.33. The fraction of sp³-hybridized carbons (Fsp3) is 0.909. The Morgan fingerprint density at radius 2 is 2.00 bits per heavy atom. The van der Waals surface area contributed by atoms with Crippen LogP contribution in [0.5, 0.6) is 0 Å². The van der Waals surface area contributed by atoms with Crippen LogP contribution >= 0.6 is 0 Å². The molecule has 4 nitrogen and oxygen atoms in total. The van der Waals surface area contributed by atoms with E-state index in [0.717, 1.165) is 39.0 Å². The predicted molar refractivity (Wildman–Crippen MR) is 57.6 cm³/mol. The first-order valence-electron chi connectivity index (χ1n) is 5.92. The Balaban J connectivity index is 1.77. The zero-order valence-electron chi connectivity index (χ0n) is 9.37. The molecule has 2 heterocycles. The average Bonchev–Trinajstić information content (AvgIpc) is 2.23. The summed E-state index contributed by atoms with van der Waals surface area (Å²) in [4.78, 5) is 13.9. The van der Waals surface area contributed by atoms with E-state index in [2.05, 4.69) is 5.32 Å². The lowest BCUT2D eigenvalue weighted by molar-refractivity contribution is -0.148. The van der Waals surface area contributed by atoms with Gasteiger partial charge in [-0.1, -0.05) is 0 Å². The number of carbonyl (C=O) groups excluding carboxylic acids is 1. The molecule has 0 aliphatic carbocycles. The van der Waals surface area contributed by atoms with Crippen LogP contribution in [0.3, 0.4) is 0 Å². The Hall–Kier alpha value is -0.610. The predicted octanol–water partition coefficient (Wildman–Crippen LogP) is 0.376. The molecule has 2 aliphatic rings. The molecule has 1 atom stereocenters. The van der Waals surface area contributed by atoms with Crippen molar-refractivity contribution in [2.75, 3.05) is 26.2 Å². The molecule has 2 rings (SSSR count). The number of piperidine rings is 1. The van der Waals surface area contributed by atoms with Gasteiger partial charge in [0.1, 0.15) is 6.10 Å². The van der Waals surface area contributed by atoms with Crippen LogP contribution in [0.15, 0.2) is 0 Å². The molecule has 2 fully saturated rings. The van der Waals surface area contributed by atoms with Crippen molar-refractivity contribution in [3.63, 3.8) is 0 Å². The summed E-state index contributed by atoms with van der Waals surface area (Å²) in [7, 11) is 0. The minimum atomic E-state index is -0.268. The molecule has 15 heavy (non-hydrogen) atoms. The van der Waals surface area contributed by atoms with Gasteiger partial charge in [0.15, 0.2) is 0 Å². The Kier molecular flexibility index (Phi) is 3.59. The highest BCUT2D eigenvalue weighted by Gasteiger charge is 2.27. The molecule has 2 aliphatic heterocycles. The number of likely N-dealkylation sites (tertiary alicyclic amines) is 1. The third-order valence-corrected chi connectivity index (χ3v) is 3.16. The largest absolute Gasteiger partial charge is 0.363 e. The zero-order valence-corrected chi connectivity index (χ0v) is 9.37. The van der Waals surface area contributed by atoms with Crippen LogP contribution in [0.4, 0.5) is 0 Å². The molecule has 4 heteroatoms. The van der Waals surface area contributed by atoms with E-state index < -0.39 is 0 Å². The van der Waals surface area contributed by atoms with E-state index in [1.807, 2.05) is 11.8 Å². The molecule has 0 spiro atoms. The van der Waals surface area contributed by atoms with Gasteiger partial charge in [-0.15, -0.1) is 0 Å². The molecule has 1 unspecified atom stereocenters. The van der Waals surface area contributed by atoms with Gasteiger partial charge in [0, 0.05) is 26.2 Å². The van der Waals surface area contributed by atoms with Crippen LogP contribution in [-0.2, 0) is 9.53 Å². The first-order chi connectivity index (χ1) is 7.27. The van der Waals surface area contributed by atoms with Crippen LogP contribution in [0.25, 0.3) is 0 Å². The van der Waals surface area contributed by atoms with E-state index in [1.165, 1.54) is 6.42 Å². The summed E-state index contributed by atoms with van der Waals surface area (Å²) in [5, 5.41) is 3.14. The van der Waals surface area contributed by atoms with Crippen LogP contribution in [0.2, 0.25) is 0 Å². The fourth-order valence-corrected chi connectivity index (χ4v) is 2.08. The Morgan fingerprint density at radius 3 is 2.53 bits per heavy atom. The van der Waals surface area contributed by atoms with Gasteiger partial charge in [-0.25, -0.2) is 0 Å². The molecular formula is C11H20N2O2. The molecule has 0 saturated carbocycles.